The molecule has 6 heteroatoms. The Kier molecular flexibility index (Phi) is 6.46. The van der Waals surface area contributed by atoms with E-state index in [2.05, 4.69) is 11.9 Å². The van der Waals surface area contributed by atoms with Gasteiger partial charge in [0.05, 0.1) is 0 Å². The lowest BCUT2D eigenvalue weighted by Crippen LogP contribution is -2.48. The van der Waals surface area contributed by atoms with Crippen molar-refractivity contribution in [3.05, 3.63) is 12.2 Å². The zero-order chi connectivity index (χ0) is 20.3. The first-order valence-corrected chi connectivity index (χ1v) is 10.6. The minimum Gasteiger partial charge on any atom is -0.454 e. The highest BCUT2D eigenvalue weighted by atomic mass is 16.5. The van der Waals surface area contributed by atoms with E-state index < -0.39 is 5.97 Å². The highest BCUT2D eigenvalue weighted by molar-refractivity contribution is 5.84. The molecule has 4 bridgehead atoms. The number of amides is 2. The second kappa shape index (κ2) is 8.66. The van der Waals surface area contributed by atoms with Crippen LogP contribution in [0.3, 0.4) is 0 Å². The van der Waals surface area contributed by atoms with Crippen LogP contribution in [0.25, 0.3) is 0 Å². The van der Waals surface area contributed by atoms with Gasteiger partial charge < -0.3 is 15.0 Å². The number of nitrogens with zero attached hydrogens (tertiary/aromatic N) is 1. The molecular weight excluding hydrogens is 356 g/mol. The first kappa shape index (κ1) is 20.9. The summed E-state index contributed by atoms with van der Waals surface area (Å²) < 4.78 is 5.04. The van der Waals surface area contributed by atoms with E-state index in [0.29, 0.717) is 19.5 Å². The van der Waals surface area contributed by atoms with Gasteiger partial charge in [-0.15, -0.1) is 0 Å². The van der Waals surface area contributed by atoms with Gasteiger partial charge in [0.15, 0.2) is 6.61 Å². The molecule has 0 spiro atoms. The SMILES string of the molecule is C=C(C)CN(CC)C(=O)COC(=O)CNC(=O)CC12CC3CC(CC(C3)C1)C2. The Balaban J connectivity index is 1.38. The van der Waals surface area contributed by atoms with Crippen molar-refractivity contribution in [2.45, 2.75) is 58.8 Å². The molecule has 0 aromatic heterocycles. The Labute approximate surface area is 168 Å². The van der Waals surface area contributed by atoms with Gasteiger partial charge in [-0.1, -0.05) is 12.2 Å². The van der Waals surface area contributed by atoms with Crippen LogP contribution in [0.1, 0.15) is 58.8 Å². The van der Waals surface area contributed by atoms with Crippen molar-refractivity contribution in [1.82, 2.24) is 10.2 Å². The number of carbonyl (C=O) groups excluding carboxylic acids is 3. The van der Waals surface area contributed by atoms with Gasteiger partial charge in [0.2, 0.25) is 5.91 Å². The van der Waals surface area contributed by atoms with Gasteiger partial charge in [-0.2, -0.15) is 0 Å². The van der Waals surface area contributed by atoms with Crippen molar-refractivity contribution < 1.29 is 19.1 Å². The van der Waals surface area contributed by atoms with Crippen molar-refractivity contribution in [2.75, 3.05) is 26.2 Å². The smallest absolute Gasteiger partial charge is 0.325 e. The van der Waals surface area contributed by atoms with E-state index in [1.165, 1.54) is 38.5 Å². The molecule has 0 aromatic rings. The minimum atomic E-state index is -0.571. The molecular formula is C22H34N2O4. The van der Waals surface area contributed by atoms with Gasteiger partial charge in [-0.3, -0.25) is 14.4 Å². The summed E-state index contributed by atoms with van der Waals surface area (Å²) in [5, 5.41) is 2.70. The van der Waals surface area contributed by atoms with Gasteiger partial charge in [0.25, 0.3) is 5.91 Å². The molecule has 0 aromatic carbocycles. The quantitative estimate of drug-likeness (QED) is 0.485. The number of hydrogen-bond donors (Lipinski definition) is 1. The summed E-state index contributed by atoms with van der Waals surface area (Å²) >= 11 is 0. The predicted octanol–water partition coefficient (Wildman–Crippen LogP) is 2.68. The lowest BCUT2D eigenvalue weighted by atomic mass is 9.49. The molecule has 0 unspecified atom stereocenters. The molecule has 6 nitrogen and oxygen atoms in total. The summed E-state index contributed by atoms with van der Waals surface area (Å²) in [4.78, 5) is 38.0. The summed E-state index contributed by atoms with van der Waals surface area (Å²) in [6.07, 6.45) is 8.07. The number of rotatable bonds is 9. The fourth-order valence-electron chi connectivity index (χ4n) is 6.07. The number of hydrogen-bond acceptors (Lipinski definition) is 4. The van der Waals surface area contributed by atoms with Gasteiger partial charge in [0, 0.05) is 19.5 Å². The molecule has 0 atom stereocenters. The van der Waals surface area contributed by atoms with Crippen LogP contribution in [0.4, 0.5) is 0 Å². The van der Waals surface area contributed by atoms with Gasteiger partial charge in [-0.05, 0) is 75.5 Å². The summed E-state index contributed by atoms with van der Waals surface area (Å²) in [7, 11) is 0. The third-order valence-corrected chi connectivity index (χ3v) is 6.68. The van der Waals surface area contributed by atoms with E-state index in [9.17, 15) is 14.4 Å². The van der Waals surface area contributed by atoms with Crippen LogP contribution in [-0.4, -0.2) is 48.9 Å². The highest BCUT2D eigenvalue weighted by Gasteiger charge is 2.51. The fourth-order valence-corrected chi connectivity index (χ4v) is 6.07. The third-order valence-electron chi connectivity index (χ3n) is 6.68. The number of ether oxygens (including phenoxy) is 1. The van der Waals surface area contributed by atoms with Gasteiger partial charge in [-0.25, -0.2) is 0 Å². The Bertz CT molecular complexity index is 607. The summed E-state index contributed by atoms with van der Waals surface area (Å²) in [5.41, 5.74) is 1.03. The van der Waals surface area contributed by atoms with E-state index in [1.54, 1.807) is 4.90 Å². The van der Waals surface area contributed by atoms with E-state index in [0.717, 1.165) is 23.3 Å². The molecule has 0 heterocycles. The maximum atomic E-state index is 12.4. The summed E-state index contributed by atoms with van der Waals surface area (Å²) in [6, 6.07) is 0. The Morgan fingerprint density at radius 2 is 1.68 bits per heavy atom. The average Bonchev–Trinajstić information content (AvgIpc) is 2.60. The van der Waals surface area contributed by atoms with Gasteiger partial charge in [0.1, 0.15) is 6.54 Å². The van der Waals surface area contributed by atoms with E-state index in [4.69, 9.17) is 4.74 Å². The van der Waals surface area contributed by atoms with Crippen LogP contribution in [0, 0.1) is 23.2 Å². The van der Waals surface area contributed by atoms with Crippen molar-refractivity contribution in [2.24, 2.45) is 23.2 Å². The molecule has 4 rings (SSSR count). The van der Waals surface area contributed by atoms with Crippen molar-refractivity contribution >= 4 is 17.8 Å². The number of likely N-dealkylation sites (N-methyl/N-ethyl adjacent to an activating group) is 1. The predicted molar refractivity (Wildman–Crippen MR) is 106 cm³/mol. The van der Waals surface area contributed by atoms with E-state index in [-0.39, 0.29) is 30.4 Å². The van der Waals surface area contributed by atoms with Crippen LogP contribution in [0.5, 0.6) is 0 Å². The van der Waals surface area contributed by atoms with Crippen molar-refractivity contribution in [3.63, 3.8) is 0 Å². The van der Waals surface area contributed by atoms with Crippen LogP contribution in [-0.2, 0) is 19.1 Å². The number of esters is 1. The summed E-state index contributed by atoms with van der Waals surface area (Å²) in [6.45, 7) is 8.02. The average molecular weight is 391 g/mol. The zero-order valence-corrected chi connectivity index (χ0v) is 17.3. The molecule has 4 fully saturated rings. The maximum absolute atomic E-state index is 12.4. The molecule has 0 radical (unpaired) electrons. The van der Waals surface area contributed by atoms with Crippen LogP contribution < -0.4 is 5.32 Å². The molecule has 2 amide bonds. The molecule has 4 aliphatic carbocycles. The van der Waals surface area contributed by atoms with Crippen LogP contribution in [0.2, 0.25) is 0 Å². The monoisotopic (exact) mass is 390 g/mol. The molecule has 156 valence electrons. The first-order valence-electron chi connectivity index (χ1n) is 10.6. The Morgan fingerprint density at radius 1 is 1.11 bits per heavy atom. The van der Waals surface area contributed by atoms with Crippen molar-refractivity contribution in [1.29, 1.82) is 0 Å². The Hall–Kier alpha value is -1.85. The second-order valence-corrected chi connectivity index (χ2v) is 9.40. The molecule has 0 aliphatic heterocycles. The largest absolute Gasteiger partial charge is 0.454 e. The summed E-state index contributed by atoms with van der Waals surface area (Å²) in [5.74, 6) is 1.52. The lowest BCUT2D eigenvalue weighted by Gasteiger charge is -2.56. The Morgan fingerprint density at radius 3 is 2.18 bits per heavy atom. The third kappa shape index (κ3) is 5.15. The molecule has 28 heavy (non-hydrogen) atoms. The fraction of sp³-hybridized carbons (Fsp3) is 0.773. The van der Waals surface area contributed by atoms with E-state index in [1.807, 2.05) is 13.8 Å². The van der Waals surface area contributed by atoms with Crippen molar-refractivity contribution in [3.8, 4) is 0 Å². The molecule has 1 N–H and O–H groups in total. The van der Waals surface area contributed by atoms with Crippen LogP contribution >= 0.6 is 0 Å². The number of carbonyl (C=O) groups is 3. The van der Waals surface area contributed by atoms with Gasteiger partial charge >= 0.3 is 5.97 Å². The topological polar surface area (TPSA) is 75.7 Å². The van der Waals surface area contributed by atoms with E-state index >= 15 is 0 Å². The highest BCUT2D eigenvalue weighted by Crippen LogP contribution is 2.61. The second-order valence-electron chi connectivity index (χ2n) is 9.40. The number of nitrogens with one attached hydrogen (secondary N) is 1. The maximum Gasteiger partial charge on any atom is 0.325 e. The standard InChI is InChI=1S/C22H34N2O4/c1-4-24(13-15(2)3)20(26)14-28-21(27)12-23-19(25)11-22-8-16-5-17(9-22)7-18(6-16)10-22/h16-18H,2,4-14H2,1,3H3,(H,23,25). The zero-order valence-electron chi connectivity index (χ0n) is 17.3. The minimum absolute atomic E-state index is 0.0670. The molecule has 4 aliphatic rings. The van der Waals surface area contributed by atoms with Crippen LogP contribution in [0.15, 0.2) is 12.2 Å². The molecule has 0 saturated heterocycles. The molecule has 4 saturated carbocycles. The normalized spacial score (nSPS) is 30.0. The lowest BCUT2D eigenvalue weighted by molar-refractivity contribution is -0.151. The first-order chi connectivity index (χ1) is 13.3.